The molecule has 0 spiro atoms. The number of benzene rings is 1. The molecule has 1 heterocycles. The summed E-state index contributed by atoms with van der Waals surface area (Å²) >= 11 is 0. The van der Waals surface area contributed by atoms with Crippen LogP contribution in [0.25, 0.3) is 0 Å². The van der Waals surface area contributed by atoms with E-state index in [0.29, 0.717) is 23.8 Å². The molecule has 4 rings (SSSR count). The van der Waals surface area contributed by atoms with Crippen molar-refractivity contribution >= 4 is 5.91 Å². The maximum absolute atomic E-state index is 13.2. The van der Waals surface area contributed by atoms with Gasteiger partial charge in [-0.05, 0) is 73.6 Å². The van der Waals surface area contributed by atoms with Gasteiger partial charge in [0.1, 0.15) is 5.75 Å². The predicted molar refractivity (Wildman–Crippen MR) is 103 cm³/mol. The SMILES string of the molecule is CCCOc1ccc2c(c1)CCN(C(=O)C1CC3CCCC(C1)C3N)C2. The molecule has 3 aliphatic rings. The molecule has 142 valence electrons. The van der Waals surface area contributed by atoms with Crippen molar-refractivity contribution in [3.8, 4) is 5.75 Å². The molecule has 2 bridgehead atoms. The van der Waals surface area contributed by atoms with Gasteiger partial charge in [-0.1, -0.05) is 19.4 Å². The second-order valence-corrected chi connectivity index (χ2v) is 8.49. The number of nitrogens with two attached hydrogens (primary N) is 1. The molecule has 1 aromatic rings. The molecule has 2 atom stereocenters. The maximum atomic E-state index is 13.2. The van der Waals surface area contributed by atoms with Crippen LogP contribution in [0.4, 0.5) is 0 Å². The molecule has 2 unspecified atom stereocenters. The molecule has 4 heteroatoms. The lowest BCUT2D eigenvalue weighted by molar-refractivity contribution is -0.139. The van der Waals surface area contributed by atoms with Crippen molar-refractivity contribution in [2.75, 3.05) is 13.2 Å². The summed E-state index contributed by atoms with van der Waals surface area (Å²) in [5.74, 6) is 2.64. The van der Waals surface area contributed by atoms with E-state index in [9.17, 15) is 4.79 Å². The summed E-state index contributed by atoms with van der Waals surface area (Å²) in [6, 6.07) is 6.69. The molecule has 2 N–H and O–H groups in total. The smallest absolute Gasteiger partial charge is 0.226 e. The van der Waals surface area contributed by atoms with Gasteiger partial charge in [0, 0.05) is 25.0 Å². The van der Waals surface area contributed by atoms with Gasteiger partial charge in [-0.2, -0.15) is 0 Å². The van der Waals surface area contributed by atoms with E-state index in [1.165, 1.54) is 30.4 Å². The van der Waals surface area contributed by atoms with Gasteiger partial charge in [0.05, 0.1) is 6.61 Å². The van der Waals surface area contributed by atoms with Crippen molar-refractivity contribution < 1.29 is 9.53 Å². The first-order valence-electron chi connectivity index (χ1n) is 10.4. The van der Waals surface area contributed by atoms with Gasteiger partial charge in [0.2, 0.25) is 5.91 Å². The minimum atomic E-state index is 0.193. The maximum Gasteiger partial charge on any atom is 0.226 e. The third-order valence-electron chi connectivity index (χ3n) is 6.74. The van der Waals surface area contributed by atoms with E-state index < -0.39 is 0 Å². The van der Waals surface area contributed by atoms with Crippen molar-refractivity contribution in [2.45, 2.75) is 64.5 Å². The normalized spacial score (nSPS) is 30.6. The first kappa shape index (κ1) is 17.8. The van der Waals surface area contributed by atoms with E-state index >= 15 is 0 Å². The Kier molecular flexibility index (Phi) is 5.21. The van der Waals surface area contributed by atoms with Gasteiger partial charge in [0.15, 0.2) is 0 Å². The minimum absolute atomic E-state index is 0.193. The quantitative estimate of drug-likeness (QED) is 0.898. The van der Waals surface area contributed by atoms with Gasteiger partial charge in [0.25, 0.3) is 0 Å². The molecular formula is C22H32N2O2. The van der Waals surface area contributed by atoms with Crippen LogP contribution in [0.3, 0.4) is 0 Å². The summed E-state index contributed by atoms with van der Waals surface area (Å²) < 4.78 is 5.75. The van der Waals surface area contributed by atoms with Crippen LogP contribution in [0.2, 0.25) is 0 Å². The number of nitrogens with zero attached hydrogens (tertiary/aromatic N) is 1. The molecule has 4 nitrogen and oxygen atoms in total. The van der Waals surface area contributed by atoms with Crippen LogP contribution in [0.5, 0.6) is 5.75 Å². The monoisotopic (exact) mass is 356 g/mol. The first-order chi connectivity index (χ1) is 12.7. The topological polar surface area (TPSA) is 55.6 Å². The number of rotatable bonds is 4. The van der Waals surface area contributed by atoms with Gasteiger partial charge in [-0.25, -0.2) is 0 Å². The Labute approximate surface area is 157 Å². The summed E-state index contributed by atoms with van der Waals surface area (Å²) in [6.45, 7) is 4.46. The van der Waals surface area contributed by atoms with Crippen LogP contribution in [-0.4, -0.2) is 30.0 Å². The zero-order valence-corrected chi connectivity index (χ0v) is 16.0. The number of hydrogen-bond acceptors (Lipinski definition) is 3. The fourth-order valence-corrected chi connectivity index (χ4v) is 5.28. The number of ether oxygens (including phenoxy) is 1. The summed E-state index contributed by atoms with van der Waals surface area (Å²) in [5.41, 5.74) is 9.02. The molecule has 2 aliphatic carbocycles. The Morgan fingerprint density at radius 3 is 2.73 bits per heavy atom. The highest BCUT2D eigenvalue weighted by molar-refractivity contribution is 5.79. The molecule has 2 fully saturated rings. The van der Waals surface area contributed by atoms with Crippen LogP contribution in [-0.2, 0) is 17.8 Å². The van der Waals surface area contributed by atoms with Crippen molar-refractivity contribution in [2.24, 2.45) is 23.5 Å². The Morgan fingerprint density at radius 2 is 2.00 bits per heavy atom. The summed E-state index contributed by atoms with van der Waals surface area (Å²) in [7, 11) is 0. The van der Waals surface area contributed by atoms with Crippen molar-refractivity contribution in [1.29, 1.82) is 0 Å². The van der Waals surface area contributed by atoms with E-state index in [2.05, 4.69) is 24.0 Å². The van der Waals surface area contributed by atoms with E-state index in [0.717, 1.165) is 51.1 Å². The van der Waals surface area contributed by atoms with E-state index in [1.54, 1.807) is 0 Å². The Morgan fingerprint density at radius 1 is 1.23 bits per heavy atom. The summed E-state index contributed by atoms with van der Waals surface area (Å²) in [5, 5.41) is 0. The highest BCUT2D eigenvalue weighted by Gasteiger charge is 2.41. The lowest BCUT2D eigenvalue weighted by atomic mass is 9.65. The molecule has 0 saturated heterocycles. The molecule has 0 radical (unpaired) electrons. The van der Waals surface area contributed by atoms with Gasteiger partial charge < -0.3 is 15.4 Å². The highest BCUT2D eigenvalue weighted by Crippen LogP contribution is 2.42. The van der Waals surface area contributed by atoms with Crippen molar-refractivity contribution in [1.82, 2.24) is 4.90 Å². The van der Waals surface area contributed by atoms with E-state index in [4.69, 9.17) is 10.5 Å². The predicted octanol–water partition coefficient (Wildman–Crippen LogP) is 3.51. The van der Waals surface area contributed by atoms with Crippen LogP contribution < -0.4 is 10.5 Å². The van der Waals surface area contributed by atoms with Gasteiger partial charge in [-0.15, -0.1) is 0 Å². The van der Waals surface area contributed by atoms with Crippen molar-refractivity contribution in [3.63, 3.8) is 0 Å². The highest BCUT2D eigenvalue weighted by atomic mass is 16.5. The molecule has 1 aromatic carbocycles. The van der Waals surface area contributed by atoms with Crippen LogP contribution in [0.1, 0.15) is 56.6 Å². The largest absolute Gasteiger partial charge is 0.494 e. The number of hydrogen-bond donors (Lipinski definition) is 1. The standard InChI is InChI=1S/C22H32N2O2/c1-2-10-26-20-7-6-18-14-24(9-8-15(18)13-20)22(25)19-11-16-4-3-5-17(12-19)21(16)23/h6-7,13,16-17,19,21H,2-5,8-12,14,23H2,1H3. The lowest BCUT2D eigenvalue weighted by Crippen LogP contribution is -2.50. The van der Waals surface area contributed by atoms with Crippen LogP contribution in [0.15, 0.2) is 18.2 Å². The number of carbonyl (C=O) groups is 1. The molecule has 1 aliphatic heterocycles. The second kappa shape index (κ2) is 7.59. The minimum Gasteiger partial charge on any atom is -0.494 e. The van der Waals surface area contributed by atoms with Crippen LogP contribution >= 0.6 is 0 Å². The fourth-order valence-electron chi connectivity index (χ4n) is 5.28. The Hall–Kier alpha value is -1.55. The average molecular weight is 357 g/mol. The fraction of sp³-hybridized carbons (Fsp3) is 0.682. The third kappa shape index (κ3) is 3.48. The summed E-state index contributed by atoms with van der Waals surface area (Å²) in [4.78, 5) is 15.3. The average Bonchev–Trinajstić information content (AvgIpc) is 2.65. The molecule has 26 heavy (non-hydrogen) atoms. The first-order valence-corrected chi connectivity index (χ1v) is 10.4. The number of fused-ring (bicyclic) bond motifs is 3. The lowest BCUT2D eigenvalue weighted by Gasteiger charge is -2.45. The summed E-state index contributed by atoms with van der Waals surface area (Å²) in [6.07, 6.45) is 7.68. The number of amides is 1. The van der Waals surface area contributed by atoms with Gasteiger partial charge in [-0.3, -0.25) is 4.79 Å². The van der Waals surface area contributed by atoms with Gasteiger partial charge >= 0.3 is 0 Å². The van der Waals surface area contributed by atoms with E-state index in [-0.39, 0.29) is 5.92 Å². The zero-order chi connectivity index (χ0) is 18.1. The van der Waals surface area contributed by atoms with Crippen molar-refractivity contribution in [3.05, 3.63) is 29.3 Å². The Balaban J connectivity index is 1.41. The zero-order valence-electron chi connectivity index (χ0n) is 16.0. The molecular weight excluding hydrogens is 324 g/mol. The van der Waals surface area contributed by atoms with E-state index in [1.807, 2.05) is 6.07 Å². The molecule has 1 amide bonds. The Bertz CT molecular complexity index is 646. The molecule has 2 saturated carbocycles. The molecule has 0 aromatic heterocycles. The third-order valence-corrected chi connectivity index (χ3v) is 6.74. The second-order valence-electron chi connectivity index (χ2n) is 8.49. The number of carbonyl (C=O) groups excluding carboxylic acids is 1. The van der Waals surface area contributed by atoms with Crippen LogP contribution in [0, 0.1) is 17.8 Å².